The van der Waals surface area contributed by atoms with Gasteiger partial charge in [0.05, 0.1) is 49.9 Å². The number of nitrogens with zero attached hydrogens (tertiary/aromatic N) is 7. The Labute approximate surface area is 214 Å². The molecule has 0 atom stereocenters. The Bertz CT molecular complexity index is 1610. The third-order valence-electron chi connectivity index (χ3n) is 5.72. The molecule has 0 amide bonds. The summed E-state index contributed by atoms with van der Waals surface area (Å²) in [6.45, 7) is 2.28. The van der Waals surface area contributed by atoms with Crippen LogP contribution in [0.15, 0.2) is 67.3 Å². The molecule has 2 aromatic carbocycles. The Kier molecular flexibility index (Phi) is 6.64. The molecule has 9 nitrogen and oxygen atoms in total. The molecule has 0 fully saturated rings. The summed E-state index contributed by atoms with van der Waals surface area (Å²) in [5, 5.41) is 4.25. The van der Waals surface area contributed by atoms with E-state index in [1.54, 1.807) is 37.5 Å². The van der Waals surface area contributed by atoms with Crippen molar-refractivity contribution in [2.45, 2.75) is 6.92 Å². The van der Waals surface area contributed by atoms with Gasteiger partial charge in [0.15, 0.2) is 0 Å². The van der Waals surface area contributed by atoms with Crippen molar-refractivity contribution >= 4 is 22.4 Å². The molecule has 3 heterocycles. The highest BCUT2D eigenvalue weighted by molar-refractivity contribution is 5.83. The van der Waals surface area contributed by atoms with E-state index in [0.29, 0.717) is 23.9 Å². The molecular formula is C28H25N7O2. The standard InChI is InChI=1S/C28H25N7O2/c1-19-9-10-29-28(32-19)6-5-11-35(22-12-23(36-3)15-24(13-22)37-4)21-7-8-25-26(14-21)33-27(17-30-25)20-16-31-34(2)18-20/h7-10,12-18H,11H2,1-4H3. The summed E-state index contributed by atoms with van der Waals surface area (Å²) in [7, 11) is 5.13. The summed E-state index contributed by atoms with van der Waals surface area (Å²) in [4.78, 5) is 20.1. The van der Waals surface area contributed by atoms with Crippen molar-refractivity contribution in [2.24, 2.45) is 7.05 Å². The van der Waals surface area contributed by atoms with Crippen LogP contribution in [0.25, 0.3) is 22.3 Å². The third kappa shape index (κ3) is 5.33. The number of rotatable bonds is 6. The Morgan fingerprint density at radius 3 is 2.41 bits per heavy atom. The lowest BCUT2D eigenvalue weighted by Crippen LogP contribution is -2.17. The van der Waals surface area contributed by atoms with Gasteiger partial charge in [0.2, 0.25) is 5.82 Å². The van der Waals surface area contributed by atoms with Crippen molar-refractivity contribution in [1.82, 2.24) is 29.7 Å². The summed E-state index contributed by atoms with van der Waals surface area (Å²) in [6.07, 6.45) is 7.16. The largest absolute Gasteiger partial charge is 0.497 e. The topological polar surface area (TPSA) is 91.1 Å². The molecule has 0 saturated heterocycles. The molecule has 0 bridgehead atoms. The van der Waals surface area contributed by atoms with E-state index in [2.05, 4.69) is 36.8 Å². The summed E-state index contributed by atoms with van der Waals surface area (Å²) in [6, 6.07) is 13.5. The molecule has 9 heteroatoms. The first-order valence-corrected chi connectivity index (χ1v) is 11.6. The van der Waals surface area contributed by atoms with Gasteiger partial charge in [-0.3, -0.25) is 9.67 Å². The van der Waals surface area contributed by atoms with E-state index in [-0.39, 0.29) is 0 Å². The van der Waals surface area contributed by atoms with E-state index < -0.39 is 0 Å². The van der Waals surface area contributed by atoms with Crippen LogP contribution in [-0.2, 0) is 7.05 Å². The van der Waals surface area contributed by atoms with Crippen LogP contribution in [0.2, 0.25) is 0 Å². The lowest BCUT2D eigenvalue weighted by molar-refractivity contribution is 0.394. The fourth-order valence-corrected chi connectivity index (χ4v) is 3.85. The van der Waals surface area contributed by atoms with Gasteiger partial charge in [-0.1, -0.05) is 5.92 Å². The van der Waals surface area contributed by atoms with Crippen LogP contribution in [-0.4, -0.2) is 50.5 Å². The smallest absolute Gasteiger partial charge is 0.205 e. The van der Waals surface area contributed by atoms with Crippen molar-refractivity contribution in [2.75, 3.05) is 25.7 Å². The molecule has 3 aromatic heterocycles. The minimum absolute atomic E-state index is 0.370. The van der Waals surface area contributed by atoms with Gasteiger partial charge in [-0.2, -0.15) is 5.10 Å². The molecule has 0 saturated carbocycles. The van der Waals surface area contributed by atoms with Crippen molar-refractivity contribution < 1.29 is 9.47 Å². The number of ether oxygens (including phenoxy) is 2. The van der Waals surface area contributed by atoms with Crippen molar-refractivity contribution in [3.05, 3.63) is 78.8 Å². The lowest BCUT2D eigenvalue weighted by Gasteiger charge is -2.24. The van der Waals surface area contributed by atoms with Crippen LogP contribution >= 0.6 is 0 Å². The predicted octanol–water partition coefficient (Wildman–Crippen LogP) is 4.34. The number of aromatic nitrogens is 6. The number of aryl methyl sites for hydroxylation is 2. The number of hydrogen-bond acceptors (Lipinski definition) is 8. The van der Waals surface area contributed by atoms with Crippen LogP contribution in [0.3, 0.4) is 0 Å². The normalized spacial score (nSPS) is 10.6. The molecule has 0 unspecified atom stereocenters. The van der Waals surface area contributed by atoms with Gasteiger partial charge in [-0.25, -0.2) is 15.0 Å². The fourth-order valence-electron chi connectivity index (χ4n) is 3.85. The Balaban J connectivity index is 1.58. The predicted molar refractivity (Wildman–Crippen MR) is 142 cm³/mol. The maximum atomic E-state index is 5.51. The van der Waals surface area contributed by atoms with Gasteiger partial charge in [0, 0.05) is 60.3 Å². The fraction of sp³-hybridized carbons (Fsp3) is 0.179. The summed E-state index contributed by atoms with van der Waals surface area (Å²) in [5.74, 6) is 8.11. The first-order chi connectivity index (χ1) is 18.0. The van der Waals surface area contributed by atoms with E-state index in [1.165, 1.54) is 0 Å². The molecular weight excluding hydrogens is 466 g/mol. The van der Waals surface area contributed by atoms with Crippen molar-refractivity contribution in [3.8, 4) is 34.6 Å². The van der Waals surface area contributed by atoms with Crippen LogP contribution < -0.4 is 14.4 Å². The zero-order valence-corrected chi connectivity index (χ0v) is 21.0. The first kappa shape index (κ1) is 23.8. The van der Waals surface area contributed by atoms with E-state index in [9.17, 15) is 0 Å². The maximum Gasteiger partial charge on any atom is 0.205 e. The zero-order chi connectivity index (χ0) is 25.8. The summed E-state index contributed by atoms with van der Waals surface area (Å²) in [5.41, 5.74) is 5.81. The second-order valence-electron chi connectivity index (χ2n) is 8.31. The number of anilines is 2. The van der Waals surface area contributed by atoms with Gasteiger partial charge in [-0.05, 0) is 37.1 Å². The molecule has 184 valence electrons. The van der Waals surface area contributed by atoms with Crippen molar-refractivity contribution in [1.29, 1.82) is 0 Å². The minimum Gasteiger partial charge on any atom is -0.497 e. The molecule has 0 aliphatic carbocycles. The van der Waals surface area contributed by atoms with Gasteiger partial charge < -0.3 is 14.4 Å². The highest BCUT2D eigenvalue weighted by Crippen LogP contribution is 2.34. The average molecular weight is 492 g/mol. The zero-order valence-electron chi connectivity index (χ0n) is 21.0. The highest BCUT2D eigenvalue weighted by atomic mass is 16.5. The first-order valence-electron chi connectivity index (χ1n) is 11.6. The molecule has 0 radical (unpaired) electrons. The van der Waals surface area contributed by atoms with Crippen LogP contribution in [0.5, 0.6) is 11.5 Å². The SMILES string of the molecule is COc1cc(OC)cc(N(CC#Cc2nccc(C)n2)c2ccc3ncc(-c4cnn(C)c4)nc3c2)c1. The van der Waals surface area contributed by atoms with Crippen molar-refractivity contribution in [3.63, 3.8) is 0 Å². The second-order valence-corrected chi connectivity index (χ2v) is 8.31. The molecule has 0 aliphatic heterocycles. The number of benzene rings is 2. The summed E-state index contributed by atoms with van der Waals surface area (Å²) < 4.78 is 12.8. The second kappa shape index (κ2) is 10.3. The molecule has 5 rings (SSSR count). The van der Waals surface area contributed by atoms with Gasteiger partial charge in [-0.15, -0.1) is 0 Å². The monoisotopic (exact) mass is 491 g/mol. The van der Waals surface area contributed by atoms with Gasteiger partial charge >= 0.3 is 0 Å². The maximum absolute atomic E-state index is 5.51. The Morgan fingerprint density at radius 1 is 0.892 bits per heavy atom. The highest BCUT2D eigenvalue weighted by Gasteiger charge is 2.14. The van der Waals surface area contributed by atoms with E-state index in [1.807, 2.05) is 62.6 Å². The summed E-state index contributed by atoms with van der Waals surface area (Å²) >= 11 is 0. The Morgan fingerprint density at radius 2 is 1.70 bits per heavy atom. The molecule has 0 N–H and O–H groups in total. The van der Waals surface area contributed by atoms with Crippen LogP contribution in [0.1, 0.15) is 11.5 Å². The number of hydrogen-bond donors (Lipinski definition) is 0. The molecule has 37 heavy (non-hydrogen) atoms. The van der Waals surface area contributed by atoms with Gasteiger partial charge in [0.25, 0.3) is 0 Å². The van der Waals surface area contributed by atoms with Gasteiger partial charge in [0.1, 0.15) is 11.5 Å². The van der Waals surface area contributed by atoms with Crippen LogP contribution in [0.4, 0.5) is 11.4 Å². The average Bonchev–Trinajstić information content (AvgIpc) is 3.36. The van der Waals surface area contributed by atoms with E-state index in [4.69, 9.17) is 14.5 Å². The van der Waals surface area contributed by atoms with Crippen LogP contribution in [0, 0.1) is 18.8 Å². The third-order valence-corrected chi connectivity index (χ3v) is 5.72. The van der Waals surface area contributed by atoms with E-state index in [0.717, 1.165) is 39.4 Å². The molecule has 5 aromatic rings. The quantitative estimate of drug-likeness (QED) is 0.324. The van der Waals surface area contributed by atoms with E-state index >= 15 is 0 Å². The molecule has 0 spiro atoms. The lowest BCUT2D eigenvalue weighted by atomic mass is 10.2. The Hall–Kier alpha value is -4.97. The number of methoxy groups -OCH3 is 2. The molecule has 0 aliphatic rings. The minimum atomic E-state index is 0.370. The number of fused-ring (bicyclic) bond motifs is 1.